The highest BCUT2D eigenvalue weighted by Crippen LogP contribution is 2.45. The van der Waals surface area contributed by atoms with Gasteiger partial charge in [0.15, 0.2) is 0 Å². The minimum absolute atomic E-state index is 0.00220. The summed E-state index contributed by atoms with van der Waals surface area (Å²) in [5.41, 5.74) is 3.69. The molecule has 2 saturated carbocycles. The summed E-state index contributed by atoms with van der Waals surface area (Å²) in [5.74, 6) is -3.41. The number of hydrogen-bond donors (Lipinski definition) is 3. The number of hydrogen-bond acceptors (Lipinski definition) is 12. The topological polar surface area (TPSA) is 210 Å². The average Bonchev–Trinajstić information content (AvgIpc) is 3.56. The van der Waals surface area contributed by atoms with E-state index in [2.05, 4.69) is 10.6 Å². The molecule has 4 N–H and O–H groups in total. The van der Waals surface area contributed by atoms with Gasteiger partial charge in [-0.05, 0) is 132 Å². The maximum absolute atomic E-state index is 14.4. The molecule has 3 amide bonds. The number of nitrogens with two attached hydrogens (primary N) is 1. The van der Waals surface area contributed by atoms with Gasteiger partial charge < -0.3 is 35.3 Å². The lowest BCUT2D eigenvalue weighted by atomic mass is 9.73. The van der Waals surface area contributed by atoms with Gasteiger partial charge in [-0.3, -0.25) is 19.2 Å². The third-order valence-corrected chi connectivity index (χ3v) is 11.5. The van der Waals surface area contributed by atoms with Crippen LogP contribution >= 0.6 is 0 Å². The third kappa shape index (κ3) is 16.9. The van der Waals surface area contributed by atoms with Crippen molar-refractivity contribution in [3.63, 3.8) is 0 Å². The van der Waals surface area contributed by atoms with Crippen LogP contribution in [-0.2, 0) is 48.1 Å². The Morgan fingerprint density at radius 2 is 1.55 bits per heavy atom. The molecule has 15 nitrogen and oxygen atoms in total. The van der Waals surface area contributed by atoms with E-state index in [1.54, 1.807) is 48.5 Å². The molecule has 2 fully saturated rings. The lowest BCUT2D eigenvalue weighted by Gasteiger charge is -2.38. The van der Waals surface area contributed by atoms with E-state index in [0.29, 0.717) is 69.1 Å². The highest BCUT2D eigenvalue weighted by Gasteiger charge is 2.47. The van der Waals surface area contributed by atoms with Crippen LogP contribution in [0.2, 0.25) is 0 Å². The summed E-state index contributed by atoms with van der Waals surface area (Å²) in [5, 5.41) is 5.91. The van der Waals surface area contributed by atoms with Crippen molar-refractivity contribution in [3.05, 3.63) is 0 Å². The fraction of sp³-hybridized carbons (Fsp3) is 0.875. The second-order valence-corrected chi connectivity index (χ2v) is 19.4. The standard InChI is InChI=1S/C40H72N4O11S/c1-10-52-24-16-17-28-25-30(19-20-31(28)35(47)53-11-2)43-36(48)40(21-13-14-22-40)26-29(34(46)54-38(3,4)5)27-44(56(9,50)51)33(45)32(41)18-12-15-23-42-37(49)55-39(6,7)8/h28-32H,10-27,41H2,1-9H3,(H,42,49)(H,43,48)/t28-,29-,30?,31+,32-/m0/s1. The summed E-state index contributed by atoms with van der Waals surface area (Å²) >= 11 is 0. The van der Waals surface area contributed by atoms with Crippen molar-refractivity contribution in [2.45, 2.75) is 162 Å². The van der Waals surface area contributed by atoms with Crippen LogP contribution < -0.4 is 16.4 Å². The van der Waals surface area contributed by atoms with Gasteiger partial charge in [0.05, 0.1) is 42.7 Å². The van der Waals surface area contributed by atoms with E-state index in [4.69, 9.17) is 24.7 Å². The van der Waals surface area contributed by atoms with Crippen LogP contribution in [0.4, 0.5) is 4.79 Å². The van der Waals surface area contributed by atoms with Gasteiger partial charge in [0.1, 0.15) is 11.2 Å². The van der Waals surface area contributed by atoms with Crippen LogP contribution in [0.1, 0.15) is 139 Å². The average molecular weight is 817 g/mol. The molecule has 0 aromatic heterocycles. The molecule has 2 aliphatic rings. The summed E-state index contributed by atoms with van der Waals surface area (Å²) in [6.07, 6.45) is 7.06. The Morgan fingerprint density at radius 1 is 0.911 bits per heavy atom. The largest absolute Gasteiger partial charge is 0.466 e. The molecule has 0 aromatic rings. The molecule has 0 saturated heterocycles. The molecule has 5 atom stereocenters. The zero-order chi connectivity index (χ0) is 42.3. The summed E-state index contributed by atoms with van der Waals surface area (Å²) in [4.78, 5) is 66.8. The molecule has 0 heterocycles. The molecule has 56 heavy (non-hydrogen) atoms. The molecular formula is C40H72N4O11S. The number of amides is 3. The number of nitrogens with one attached hydrogen (secondary N) is 2. The van der Waals surface area contributed by atoms with E-state index in [9.17, 15) is 32.4 Å². The fourth-order valence-corrected chi connectivity index (χ4v) is 8.66. The zero-order valence-corrected chi connectivity index (χ0v) is 36.4. The normalized spacial score (nSPS) is 21.0. The Balaban J connectivity index is 2.26. The van der Waals surface area contributed by atoms with Crippen molar-refractivity contribution in [1.29, 1.82) is 0 Å². The molecule has 0 bridgehead atoms. The lowest BCUT2D eigenvalue weighted by molar-refractivity contribution is -0.162. The van der Waals surface area contributed by atoms with E-state index in [1.807, 2.05) is 6.92 Å². The van der Waals surface area contributed by atoms with Crippen LogP contribution in [0.15, 0.2) is 0 Å². The number of esters is 2. The zero-order valence-electron chi connectivity index (χ0n) is 35.5. The summed E-state index contributed by atoms with van der Waals surface area (Å²) in [6.45, 7) is 15.3. The van der Waals surface area contributed by atoms with Gasteiger partial charge >= 0.3 is 18.0 Å². The molecule has 324 valence electrons. The van der Waals surface area contributed by atoms with E-state index < -0.39 is 63.1 Å². The molecule has 0 aromatic carbocycles. The predicted octanol–water partition coefficient (Wildman–Crippen LogP) is 4.99. The number of ether oxygens (including phenoxy) is 4. The number of nitrogens with zero attached hydrogens (tertiary/aromatic N) is 1. The Kier molecular flexibility index (Phi) is 19.5. The van der Waals surface area contributed by atoms with Gasteiger partial charge in [-0.1, -0.05) is 12.8 Å². The monoisotopic (exact) mass is 816 g/mol. The van der Waals surface area contributed by atoms with Crippen LogP contribution in [-0.4, -0.2) is 105 Å². The van der Waals surface area contributed by atoms with Crippen LogP contribution in [0.5, 0.6) is 0 Å². The number of carbonyl (C=O) groups is 5. The maximum atomic E-state index is 14.4. The van der Waals surface area contributed by atoms with E-state index >= 15 is 0 Å². The summed E-state index contributed by atoms with van der Waals surface area (Å²) in [7, 11) is -4.20. The van der Waals surface area contributed by atoms with Crippen molar-refractivity contribution < 1.29 is 51.3 Å². The number of sulfonamides is 1. The predicted molar refractivity (Wildman–Crippen MR) is 213 cm³/mol. The van der Waals surface area contributed by atoms with Gasteiger partial charge in [-0.15, -0.1) is 0 Å². The van der Waals surface area contributed by atoms with Crippen LogP contribution in [0.25, 0.3) is 0 Å². The van der Waals surface area contributed by atoms with E-state index in [1.165, 1.54) is 0 Å². The van der Waals surface area contributed by atoms with Gasteiger partial charge in [0.25, 0.3) is 5.91 Å². The van der Waals surface area contributed by atoms with E-state index in [0.717, 1.165) is 31.9 Å². The van der Waals surface area contributed by atoms with Crippen molar-refractivity contribution in [2.75, 3.05) is 39.2 Å². The molecule has 0 aliphatic heterocycles. The summed E-state index contributed by atoms with van der Waals surface area (Å²) < 4.78 is 48.9. The lowest BCUT2D eigenvalue weighted by Crippen LogP contribution is -2.52. The van der Waals surface area contributed by atoms with Crippen molar-refractivity contribution in [1.82, 2.24) is 14.9 Å². The number of alkyl carbamates (subject to hydrolysis) is 1. The maximum Gasteiger partial charge on any atom is 0.407 e. The van der Waals surface area contributed by atoms with Crippen LogP contribution in [0.3, 0.4) is 0 Å². The molecule has 2 aliphatic carbocycles. The van der Waals surface area contributed by atoms with Gasteiger partial charge in [-0.25, -0.2) is 17.5 Å². The number of unbranched alkanes of at least 4 members (excludes halogenated alkanes) is 1. The third-order valence-electron chi connectivity index (χ3n) is 10.4. The van der Waals surface area contributed by atoms with Crippen molar-refractivity contribution in [3.8, 4) is 0 Å². The Morgan fingerprint density at radius 3 is 2.12 bits per heavy atom. The number of rotatable bonds is 21. The molecule has 1 unspecified atom stereocenters. The van der Waals surface area contributed by atoms with Crippen LogP contribution in [0, 0.1) is 23.2 Å². The molecule has 0 radical (unpaired) electrons. The molecule has 16 heteroatoms. The molecular weight excluding hydrogens is 745 g/mol. The second-order valence-electron chi connectivity index (χ2n) is 17.5. The minimum Gasteiger partial charge on any atom is -0.466 e. The number of carbonyl (C=O) groups excluding carboxylic acids is 5. The molecule has 2 rings (SSSR count). The first-order chi connectivity index (χ1) is 26.0. The van der Waals surface area contributed by atoms with Gasteiger partial charge in [-0.2, -0.15) is 0 Å². The van der Waals surface area contributed by atoms with Crippen molar-refractivity contribution in [2.24, 2.45) is 28.9 Å². The minimum atomic E-state index is -4.20. The first-order valence-electron chi connectivity index (χ1n) is 20.5. The molecule has 0 spiro atoms. The van der Waals surface area contributed by atoms with Gasteiger partial charge in [0.2, 0.25) is 15.9 Å². The smallest absolute Gasteiger partial charge is 0.407 e. The quantitative estimate of drug-likeness (QED) is 0.0796. The first kappa shape index (κ1) is 49.2. The SMILES string of the molecule is CCOCCC[C@H]1CC(NC(=O)C2(C[C@@H](CN(C(=O)[C@@H](N)CCCCNC(=O)OC(C)(C)C)S(C)(=O)=O)C(=O)OC(C)(C)C)CCCC2)CC[C@H]1C(=O)OCC. The highest BCUT2D eigenvalue weighted by molar-refractivity contribution is 7.88. The fourth-order valence-electron chi connectivity index (χ4n) is 7.75. The Hall–Kier alpha value is -2.98. The first-order valence-corrected chi connectivity index (χ1v) is 22.4. The Labute approximate surface area is 335 Å². The van der Waals surface area contributed by atoms with Gasteiger partial charge in [0, 0.05) is 25.8 Å². The van der Waals surface area contributed by atoms with Crippen molar-refractivity contribution >= 4 is 39.9 Å². The highest BCUT2D eigenvalue weighted by atomic mass is 32.2. The second kappa shape index (κ2) is 22.2. The van der Waals surface area contributed by atoms with E-state index in [-0.39, 0.29) is 49.1 Å². The Bertz CT molecular complexity index is 1400. The summed E-state index contributed by atoms with van der Waals surface area (Å²) in [6, 6.07) is -1.39.